The third-order valence-corrected chi connectivity index (χ3v) is 3.34. The first-order valence-corrected chi connectivity index (χ1v) is 6.05. The zero-order chi connectivity index (χ0) is 12.4. The van der Waals surface area contributed by atoms with Crippen LogP contribution in [0.15, 0.2) is 39.4 Å². The lowest BCUT2D eigenvalue weighted by molar-refractivity contribution is 0.188. The van der Waals surface area contributed by atoms with Crippen molar-refractivity contribution in [2.24, 2.45) is 0 Å². The lowest BCUT2D eigenvalue weighted by Gasteiger charge is -2.11. The molecule has 1 atom stereocenters. The van der Waals surface area contributed by atoms with Crippen molar-refractivity contribution < 1.29 is 14.3 Å². The smallest absolute Gasteiger partial charge is 0.150 e. The van der Waals surface area contributed by atoms with Crippen LogP contribution in [0.3, 0.4) is 0 Å². The Balaban J connectivity index is 2.35. The van der Waals surface area contributed by atoms with Gasteiger partial charge in [-0.05, 0) is 39.7 Å². The van der Waals surface area contributed by atoms with Crippen molar-refractivity contribution in [2.75, 3.05) is 7.11 Å². The summed E-state index contributed by atoms with van der Waals surface area (Å²) < 4.78 is 11.0. The van der Waals surface area contributed by atoms with E-state index in [-0.39, 0.29) is 0 Å². The molecule has 1 unspecified atom stereocenters. The van der Waals surface area contributed by atoms with Gasteiger partial charge in [0, 0.05) is 0 Å². The Labute approximate surface area is 112 Å². The molecular weight excluding hydrogens is 307 g/mol. The maximum Gasteiger partial charge on any atom is 0.150 e. The van der Waals surface area contributed by atoms with E-state index < -0.39 is 6.10 Å². The molecule has 0 spiro atoms. The summed E-state index contributed by atoms with van der Waals surface area (Å²) in [6.07, 6.45) is 0.649. The summed E-state index contributed by atoms with van der Waals surface area (Å²) in [5.41, 5.74) is 0.645. The van der Waals surface area contributed by atoms with Crippen LogP contribution in [0.5, 0.6) is 5.75 Å². The third-order valence-electron chi connectivity index (χ3n) is 2.38. The first kappa shape index (κ1) is 12.5. The monoisotopic (exact) mass is 316 g/mol. The number of rotatable bonds is 3. The van der Waals surface area contributed by atoms with Gasteiger partial charge in [0.1, 0.15) is 11.9 Å². The lowest BCUT2D eigenvalue weighted by Crippen LogP contribution is -1.99. The van der Waals surface area contributed by atoms with Gasteiger partial charge in [0.05, 0.1) is 22.9 Å². The van der Waals surface area contributed by atoms with Crippen molar-refractivity contribution >= 4 is 27.5 Å². The summed E-state index contributed by atoms with van der Waals surface area (Å²) in [6.45, 7) is 0. The topological polar surface area (TPSA) is 42.6 Å². The molecule has 0 bridgehead atoms. The van der Waals surface area contributed by atoms with E-state index in [0.717, 1.165) is 4.47 Å². The molecule has 1 aromatic carbocycles. The van der Waals surface area contributed by atoms with Crippen LogP contribution in [-0.4, -0.2) is 12.2 Å². The van der Waals surface area contributed by atoms with Gasteiger partial charge in [0.25, 0.3) is 0 Å². The van der Waals surface area contributed by atoms with Gasteiger partial charge in [0.2, 0.25) is 0 Å². The largest absolute Gasteiger partial charge is 0.495 e. The first-order chi connectivity index (χ1) is 8.13. The van der Waals surface area contributed by atoms with Crippen molar-refractivity contribution in [3.05, 3.63) is 51.3 Å². The van der Waals surface area contributed by atoms with E-state index in [0.29, 0.717) is 22.1 Å². The molecule has 90 valence electrons. The molecule has 0 aliphatic heterocycles. The van der Waals surface area contributed by atoms with Gasteiger partial charge in [-0.25, -0.2) is 0 Å². The highest BCUT2D eigenvalue weighted by Crippen LogP contribution is 2.33. The minimum atomic E-state index is -0.859. The average Bonchev–Trinajstić information content (AvgIpc) is 2.74. The maximum atomic E-state index is 10.1. The molecule has 2 rings (SSSR count). The summed E-state index contributed by atoms with van der Waals surface area (Å²) in [6, 6.07) is 6.83. The van der Waals surface area contributed by atoms with Crippen molar-refractivity contribution in [2.45, 2.75) is 6.10 Å². The minimum Gasteiger partial charge on any atom is -0.495 e. The Hall–Kier alpha value is -0.970. The normalized spacial score (nSPS) is 12.5. The van der Waals surface area contributed by atoms with Crippen molar-refractivity contribution in [1.82, 2.24) is 0 Å². The summed E-state index contributed by atoms with van der Waals surface area (Å²) in [5.74, 6) is 1.02. The zero-order valence-corrected chi connectivity index (χ0v) is 11.3. The van der Waals surface area contributed by atoms with Gasteiger partial charge in [-0.3, -0.25) is 0 Å². The average molecular weight is 318 g/mol. The van der Waals surface area contributed by atoms with Gasteiger partial charge in [-0.15, -0.1) is 0 Å². The zero-order valence-electron chi connectivity index (χ0n) is 8.98. The van der Waals surface area contributed by atoms with E-state index in [1.54, 1.807) is 31.4 Å². The molecule has 1 aromatic heterocycles. The number of halogens is 2. The fourth-order valence-corrected chi connectivity index (χ4v) is 2.19. The number of ether oxygens (including phenoxy) is 1. The van der Waals surface area contributed by atoms with Crippen molar-refractivity contribution in [1.29, 1.82) is 0 Å². The second-order valence-electron chi connectivity index (χ2n) is 3.43. The SMILES string of the molecule is COc1ccc(C(O)c2occc2Br)cc1Cl. The Morgan fingerprint density at radius 1 is 1.41 bits per heavy atom. The molecule has 0 fully saturated rings. The Bertz CT molecular complexity index is 524. The number of aliphatic hydroxyl groups is 1. The van der Waals surface area contributed by atoms with Crippen LogP contribution in [-0.2, 0) is 0 Å². The van der Waals surface area contributed by atoms with E-state index in [1.165, 1.54) is 6.26 Å². The van der Waals surface area contributed by atoms with Gasteiger partial charge in [-0.2, -0.15) is 0 Å². The van der Waals surface area contributed by atoms with Crippen LogP contribution in [0.4, 0.5) is 0 Å². The van der Waals surface area contributed by atoms with Gasteiger partial charge >= 0.3 is 0 Å². The molecule has 17 heavy (non-hydrogen) atoms. The van der Waals surface area contributed by atoms with Crippen LogP contribution in [0.25, 0.3) is 0 Å². The van der Waals surface area contributed by atoms with Gasteiger partial charge in [0.15, 0.2) is 5.76 Å². The number of hydrogen-bond donors (Lipinski definition) is 1. The molecule has 2 aromatic rings. The number of hydrogen-bond acceptors (Lipinski definition) is 3. The summed E-state index contributed by atoms with van der Waals surface area (Å²) in [4.78, 5) is 0. The highest BCUT2D eigenvalue weighted by molar-refractivity contribution is 9.10. The summed E-state index contributed by atoms with van der Waals surface area (Å²) in [5, 5.41) is 10.6. The van der Waals surface area contributed by atoms with Crippen molar-refractivity contribution in [3.63, 3.8) is 0 Å². The van der Waals surface area contributed by atoms with E-state index in [2.05, 4.69) is 15.9 Å². The Kier molecular flexibility index (Phi) is 3.76. The van der Waals surface area contributed by atoms with Crippen LogP contribution >= 0.6 is 27.5 Å². The fraction of sp³-hybridized carbons (Fsp3) is 0.167. The predicted octanol–water partition coefficient (Wildman–Crippen LogP) is 3.79. The number of methoxy groups -OCH3 is 1. The molecule has 3 nitrogen and oxygen atoms in total. The van der Waals surface area contributed by atoms with Gasteiger partial charge in [-0.1, -0.05) is 17.7 Å². The lowest BCUT2D eigenvalue weighted by atomic mass is 10.1. The molecule has 0 saturated heterocycles. The second kappa shape index (κ2) is 5.12. The molecule has 0 aliphatic carbocycles. The quantitative estimate of drug-likeness (QED) is 0.936. The molecule has 1 heterocycles. The minimum absolute atomic E-state index is 0.450. The fourth-order valence-electron chi connectivity index (χ4n) is 1.50. The van der Waals surface area contributed by atoms with E-state index >= 15 is 0 Å². The molecule has 5 heteroatoms. The summed E-state index contributed by atoms with van der Waals surface area (Å²) in [7, 11) is 1.54. The second-order valence-corrected chi connectivity index (χ2v) is 4.69. The Morgan fingerprint density at radius 2 is 2.18 bits per heavy atom. The number of furan rings is 1. The standard InChI is InChI=1S/C12H10BrClO3/c1-16-10-3-2-7(6-9(10)14)11(15)12-8(13)4-5-17-12/h2-6,11,15H,1H3. The maximum absolute atomic E-state index is 10.1. The van der Waals surface area contributed by atoms with E-state index in [9.17, 15) is 5.11 Å². The van der Waals surface area contributed by atoms with Gasteiger partial charge < -0.3 is 14.3 Å². The first-order valence-electron chi connectivity index (χ1n) is 4.88. The van der Waals surface area contributed by atoms with Crippen LogP contribution in [0.2, 0.25) is 5.02 Å². The third kappa shape index (κ3) is 2.49. The number of aliphatic hydroxyl groups excluding tert-OH is 1. The molecule has 0 saturated carbocycles. The van der Waals surface area contributed by atoms with E-state index in [1.807, 2.05) is 0 Å². The van der Waals surface area contributed by atoms with Crippen LogP contribution in [0.1, 0.15) is 17.4 Å². The molecule has 0 amide bonds. The Morgan fingerprint density at radius 3 is 2.71 bits per heavy atom. The van der Waals surface area contributed by atoms with Crippen molar-refractivity contribution in [3.8, 4) is 5.75 Å². The van der Waals surface area contributed by atoms with Crippen LogP contribution in [0, 0.1) is 0 Å². The molecular formula is C12H10BrClO3. The number of benzene rings is 1. The summed E-state index contributed by atoms with van der Waals surface area (Å²) >= 11 is 9.30. The molecule has 1 N–H and O–H groups in total. The molecule has 0 radical (unpaired) electrons. The van der Waals surface area contributed by atoms with Crippen LogP contribution < -0.4 is 4.74 Å². The molecule has 0 aliphatic rings. The predicted molar refractivity (Wildman–Crippen MR) is 68.5 cm³/mol. The van der Waals surface area contributed by atoms with E-state index in [4.69, 9.17) is 20.8 Å². The highest BCUT2D eigenvalue weighted by Gasteiger charge is 2.18. The highest BCUT2D eigenvalue weighted by atomic mass is 79.9.